The van der Waals surface area contributed by atoms with E-state index in [0.717, 1.165) is 35.0 Å². The molecule has 2 fully saturated rings. The van der Waals surface area contributed by atoms with Crippen molar-refractivity contribution in [1.82, 2.24) is 14.8 Å². The van der Waals surface area contributed by atoms with Crippen molar-refractivity contribution in [3.05, 3.63) is 15.6 Å². The molecule has 0 N–H and O–H groups in total. The zero-order valence-corrected chi connectivity index (χ0v) is 15.9. The smallest absolute Gasteiger partial charge is 0.242 e. The monoisotopic (exact) mass is 349 g/mol. The summed E-state index contributed by atoms with van der Waals surface area (Å²) in [4.78, 5) is 34.2. The van der Waals surface area contributed by atoms with Gasteiger partial charge < -0.3 is 9.80 Å². The lowest BCUT2D eigenvalue weighted by Gasteiger charge is -2.28. The highest BCUT2D eigenvalue weighted by Crippen LogP contribution is 2.45. The van der Waals surface area contributed by atoms with Crippen LogP contribution in [0.1, 0.15) is 60.6 Å². The molecule has 0 radical (unpaired) electrons. The van der Waals surface area contributed by atoms with Crippen LogP contribution < -0.4 is 0 Å². The molecule has 1 aliphatic carbocycles. The zero-order valence-electron chi connectivity index (χ0n) is 15.1. The Morgan fingerprint density at radius 1 is 1.38 bits per heavy atom. The van der Waals surface area contributed by atoms with E-state index in [0.29, 0.717) is 6.42 Å². The average Bonchev–Trinajstić information content (AvgIpc) is 3.19. The quantitative estimate of drug-likeness (QED) is 0.839. The van der Waals surface area contributed by atoms with Gasteiger partial charge in [0, 0.05) is 24.9 Å². The number of nitrogens with zero attached hydrogens (tertiary/aromatic N) is 3. The van der Waals surface area contributed by atoms with Gasteiger partial charge in [0.25, 0.3) is 0 Å². The van der Waals surface area contributed by atoms with Gasteiger partial charge in [-0.3, -0.25) is 9.59 Å². The van der Waals surface area contributed by atoms with E-state index in [4.69, 9.17) is 0 Å². The van der Waals surface area contributed by atoms with E-state index in [-0.39, 0.29) is 29.8 Å². The minimum Gasteiger partial charge on any atom is -0.336 e. The number of carbonyl (C=O) groups is 2. The molecular weight excluding hydrogens is 322 g/mol. The third-order valence-electron chi connectivity index (χ3n) is 5.71. The number of rotatable bonds is 4. The topological polar surface area (TPSA) is 53.5 Å². The Kier molecular flexibility index (Phi) is 4.69. The summed E-state index contributed by atoms with van der Waals surface area (Å²) < 4.78 is 0. The first kappa shape index (κ1) is 17.4. The van der Waals surface area contributed by atoms with E-state index in [1.54, 1.807) is 21.1 Å². The fraction of sp³-hybridized carbons (Fsp3) is 0.722. The van der Waals surface area contributed by atoms with Crippen LogP contribution in [0.15, 0.2) is 0 Å². The van der Waals surface area contributed by atoms with Gasteiger partial charge in [-0.25, -0.2) is 4.98 Å². The molecule has 6 heteroatoms. The number of likely N-dealkylation sites (tertiary alicyclic amines) is 1. The lowest BCUT2D eigenvalue weighted by molar-refractivity contribution is -0.138. The average molecular weight is 350 g/mol. The molecule has 132 valence electrons. The third kappa shape index (κ3) is 3.21. The maximum absolute atomic E-state index is 12.7. The van der Waals surface area contributed by atoms with Crippen molar-refractivity contribution in [2.45, 2.75) is 58.9 Å². The molecule has 1 saturated heterocycles. The summed E-state index contributed by atoms with van der Waals surface area (Å²) in [5, 5.41) is 1.02. The van der Waals surface area contributed by atoms with Crippen LogP contribution in [-0.4, -0.2) is 46.7 Å². The van der Waals surface area contributed by atoms with Crippen molar-refractivity contribution < 1.29 is 9.59 Å². The molecule has 0 aromatic carbocycles. The Morgan fingerprint density at radius 3 is 2.62 bits per heavy atom. The van der Waals surface area contributed by atoms with Gasteiger partial charge in [-0.15, -0.1) is 11.3 Å². The fourth-order valence-corrected chi connectivity index (χ4v) is 5.10. The molecule has 1 unspecified atom stereocenters. The van der Waals surface area contributed by atoms with Gasteiger partial charge >= 0.3 is 0 Å². The Balaban J connectivity index is 1.64. The van der Waals surface area contributed by atoms with Crippen LogP contribution in [0.3, 0.4) is 0 Å². The molecule has 1 aromatic rings. The summed E-state index contributed by atoms with van der Waals surface area (Å²) in [6.07, 6.45) is 5.33. The van der Waals surface area contributed by atoms with Crippen molar-refractivity contribution in [2.24, 2.45) is 5.41 Å². The van der Waals surface area contributed by atoms with Gasteiger partial charge in [-0.2, -0.15) is 0 Å². The molecule has 1 aromatic heterocycles. The minimum absolute atomic E-state index is 0.00375. The third-order valence-corrected chi connectivity index (χ3v) is 6.61. The summed E-state index contributed by atoms with van der Waals surface area (Å²) in [5.74, 6) is 0.142. The number of thiazole rings is 1. The molecular formula is C18H27N3O2S. The first-order valence-electron chi connectivity index (χ1n) is 8.79. The number of amides is 2. The van der Waals surface area contributed by atoms with Crippen LogP contribution in [-0.2, 0) is 9.59 Å². The van der Waals surface area contributed by atoms with Crippen molar-refractivity contribution in [2.75, 3.05) is 20.1 Å². The number of likely N-dealkylation sites (N-methyl/N-ethyl adjacent to an activating group) is 1. The summed E-state index contributed by atoms with van der Waals surface area (Å²) in [6, 6.07) is -0.0689. The highest BCUT2D eigenvalue weighted by atomic mass is 32.1. The highest BCUT2D eigenvalue weighted by molar-refractivity contribution is 7.11. The predicted octanol–water partition coefficient (Wildman–Crippen LogP) is 3.07. The second-order valence-corrected chi connectivity index (χ2v) is 8.90. The van der Waals surface area contributed by atoms with Gasteiger partial charge in [0.15, 0.2) is 0 Å². The van der Waals surface area contributed by atoms with Crippen LogP contribution in [0.4, 0.5) is 0 Å². The largest absolute Gasteiger partial charge is 0.336 e. The second-order valence-electron chi connectivity index (χ2n) is 7.49. The summed E-state index contributed by atoms with van der Waals surface area (Å²) in [7, 11) is 1.81. The highest BCUT2D eigenvalue weighted by Gasteiger charge is 2.45. The van der Waals surface area contributed by atoms with E-state index in [2.05, 4.69) is 4.98 Å². The van der Waals surface area contributed by atoms with Gasteiger partial charge in [-0.1, -0.05) is 12.8 Å². The van der Waals surface area contributed by atoms with Crippen LogP contribution >= 0.6 is 11.3 Å². The van der Waals surface area contributed by atoms with Crippen molar-refractivity contribution in [1.29, 1.82) is 0 Å². The SMILES string of the molecule is Cc1nc(C(C)N(C)C(=O)CN2CC3(CCCC3)CC2=O)c(C)s1. The summed E-state index contributed by atoms with van der Waals surface area (Å²) in [5.41, 5.74) is 1.12. The number of aryl methyl sites for hydroxylation is 2. The predicted molar refractivity (Wildman–Crippen MR) is 94.9 cm³/mol. The van der Waals surface area contributed by atoms with Gasteiger partial charge in [0.2, 0.25) is 11.8 Å². The van der Waals surface area contributed by atoms with Gasteiger partial charge in [0.05, 0.1) is 23.3 Å². The normalized spacial score (nSPS) is 20.8. The zero-order chi connectivity index (χ0) is 17.5. The number of carbonyl (C=O) groups excluding carboxylic acids is 2. The molecule has 2 amide bonds. The number of hydrogen-bond acceptors (Lipinski definition) is 4. The minimum atomic E-state index is -0.0689. The lowest BCUT2D eigenvalue weighted by atomic mass is 9.85. The van der Waals surface area contributed by atoms with Crippen LogP contribution in [0.2, 0.25) is 0 Å². The Morgan fingerprint density at radius 2 is 2.04 bits per heavy atom. The molecule has 3 rings (SSSR count). The molecule has 2 aliphatic rings. The van der Waals surface area contributed by atoms with Crippen molar-refractivity contribution in [3.63, 3.8) is 0 Å². The summed E-state index contributed by atoms with van der Waals surface area (Å²) in [6.45, 7) is 6.99. The van der Waals surface area contributed by atoms with E-state index in [1.165, 1.54) is 12.8 Å². The molecule has 1 atom stereocenters. The Bertz CT molecular complexity index is 649. The molecule has 0 bridgehead atoms. The van der Waals surface area contributed by atoms with Crippen LogP contribution in [0, 0.1) is 19.3 Å². The maximum Gasteiger partial charge on any atom is 0.242 e. The standard InChI is InChI=1S/C18H27N3O2S/c1-12(17-13(2)24-14(3)19-17)20(4)16(23)10-21-11-18(9-15(21)22)7-5-6-8-18/h12H,5-11H2,1-4H3. The molecule has 1 saturated carbocycles. The first-order valence-corrected chi connectivity index (χ1v) is 9.60. The van der Waals surface area contributed by atoms with Crippen molar-refractivity contribution >= 4 is 23.2 Å². The molecule has 2 heterocycles. The number of hydrogen-bond donors (Lipinski definition) is 0. The first-order chi connectivity index (χ1) is 11.3. The number of aromatic nitrogens is 1. The molecule has 1 aliphatic heterocycles. The molecule has 1 spiro atoms. The Hall–Kier alpha value is -1.43. The second kappa shape index (κ2) is 6.47. The Labute approximate surface area is 148 Å². The molecule has 5 nitrogen and oxygen atoms in total. The fourth-order valence-electron chi connectivity index (χ4n) is 4.19. The van der Waals surface area contributed by atoms with E-state index in [1.807, 2.05) is 27.8 Å². The van der Waals surface area contributed by atoms with E-state index >= 15 is 0 Å². The maximum atomic E-state index is 12.7. The lowest BCUT2D eigenvalue weighted by Crippen LogP contribution is -2.40. The van der Waals surface area contributed by atoms with Gasteiger partial charge in [0.1, 0.15) is 0 Å². The van der Waals surface area contributed by atoms with E-state index in [9.17, 15) is 9.59 Å². The molecule has 24 heavy (non-hydrogen) atoms. The van der Waals surface area contributed by atoms with Gasteiger partial charge in [-0.05, 0) is 39.0 Å². The van der Waals surface area contributed by atoms with Crippen LogP contribution in [0.25, 0.3) is 0 Å². The van der Waals surface area contributed by atoms with Crippen molar-refractivity contribution in [3.8, 4) is 0 Å². The summed E-state index contributed by atoms with van der Waals surface area (Å²) >= 11 is 1.66. The van der Waals surface area contributed by atoms with E-state index < -0.39 is 0 Å². The van der Waals surface area contributed by atoms with Crippen LogP contribution in [0.5, 0.6) is 0 Å².